The number of rotatable bonds is 7. The van der Waals surface area contributed by atoms with Crippen LogP contribution in [0.15, 0.2) is 0 Å². The fraction of sp³-hybridized carbons (Fsp3) is 1.00. The summed E-state index contributed by atoms with van der Waals surface area (Å²) in [5.41, 5.74) is -1.32. The molecule has 0 saturated heterocycles. The van der Waals surface area contributed by atoms with E-state index in [2.05, 4.69) is 12.2 Å². The molecule has 0 aromatic heterocycles. The third-order valence-corrected chi connectivity index (χ3v) is 2.56. The first-order valence-corrected chi connectivity index (χ1v) is 5.48. The molecule has 0 bridgehead atoms. The normalized spacial score (nSPS) is 20.1. The lowest BCUT2D eigenvalue weighted by molar-refractivity contribution is 0.0273. The Bertz CT molecular complexity index is 155. The average molecular weight is 203 g/mol. The molecule has 0 aliphatic heterocycles. The quantitative estimate of drug-likeness (QED) is 0.584. The van der Waals surface area contributed by atoms with E-state index in [0.717, 1.165) is 19.3 Å². The summed E-state index contributed by atoms with van der Waals surface area (Å²) in [5.74, 6) is 0. The number of hydrogen-bond donors (Lipinski definition) is 3. The van der Waals surface area contributed by atoms with Gasteiger partial charge in [0.25, 0.3) is 0 Å². The molecule has 0 rings (SSSR count). The van der Waals surface area contributed by atoms with E-state index in [9.17, 15) is 10.2 Å². The smallest absolute Gasteiger partial charge is 0.0743 e. The van der Waals surface area contributed by atoms with E-state index < -0.39 is 11.2 Å². The Kier molecular flexibility index (Phi) is 5.64. The molecular formula is C11H25NO2. The third-order valence-electron chi connectivity index (χ3n) is 2.56. The van der Waals surface area contributed by atoms with Crippen LogP contribution in [-0.2, 0) is 0 Å². The Hall–Kier alpha value is -0.120. The summed E-state index contributed by atoms with van der Waals surface area (Å²) in [5, 5.41) is 22.6. The van der Waals surface area contributed by atoms with Gasteiger partial charge in [0.2, 0.25) is 0 Å². The molecular weight excluding hydrogens is 178 g/mol. The molecule has 0 aliphatic carbocycles. The Balaban J connectivity index is 3.73. The van der Waals surface area contributed by atoms with Crippen molar-refractivity contribution in [1.82, 2.24) is 5.32 Å². The van der Waals surface area contributed by atoms with Gasteiger partial charge in [-0.05, 0) is 26.7 Å². The molecule has 0 spiro atoms. The maximum Gasteiger partial charge on any atom is 0.0743 e. The van der Waals surface area contributed by atoms with Gasteiger partial charge in [0.15, 0.2) is 0 Å². The fourth-order valence-corrected chi connectivity index (χ4v) is 1.35. The summed E-state index contributed by atoms with van der Waals surface area (Å²) in [7, 11) is 0. The molecule has 0 heterocycles. The molecule has 0 aliphatic rings. The summed E-state index contributed by atoms with van der Waals surface area (Å²) in [6, 6.07) is 0. The largest absolute Gasteiger partial charge is 0.389 e. The fourth-order valence-electron chi connectivity index (χ4n) is 1.35. The lowest BCUT2D eigenvalue weighted by Gasteiger charge is -2.27. The number of nitrogens with one attached hydrogen (secondary N) is 1. The van der Waals surface area contributed by atoms with Gasteiger partial charge in [0.05, 0.1) is 11.2 Å². The SMILES string of the molecule is CCCC(C)(O)CNCC(C)(O)CC. The molecule has 3 N–H and O–H groups in total. The molecule has 3 heteroatoms. The maximum atomic E-state index is 9.84. The highest BCUT2D eigenvalue weighted by molar-refractivity contribution is 4.79. The Morgan fingerprint density at radius 1 is 1.00 bits per heavy atom. The number of hydrogen-bond acceptors (Lipinski definition) is 3. The zero-order chi connectivity index (χ0) is 11.2. The van der Waals surface area contributed by atoms with E-state index in [1.807, 2.05) is 13.8 Å². The van der Waals surface area contributed by atoms with Crippen molar-refractivity contribution in [3.63, 3.8) is 0 Å². The van der Waals surface area contributed by atoms with Crippen molar-refractivity contribution >= 4 is 0 Å². The monoisotopic (exact) mass is 203 g/mol. The van der Waals surface area contributed by atoms with Crippen LogP contribution in [-0.4, -0.2) is 34.5 Å². The first-order valence-electron chi connectivity index (χ1n) is 5.48. The second kappa shape index (κ2) is 5.69. The van der Waals surface area contributed by atoms with Gasteiger partial charge in [-0.25, -0.2) is 0 Å². The molecule has 0 aromatic rings. The molecule has 86 valence electrons. The van der Waals surface area contributed by atoms with Crippen molar-refractivity contribution in [2.45, 2.75) is 58.2 Å². The van der Waals surface area contributed by atoms with Crippen LogP contribution in [0.25, 0.3) is 0 Å². The van der Waals surface area contributed by atoms with Crippen molar-refractivity contribution < 1.29 is 10.2 Å². The van der Waals surface area contributed by atoms with E-state index >= 15 is 0 Å². The van der Waals surface area contributed by atoms with Crippen molar-refractivity contribution in [3.05, 3.63) is 0 Å². The van der Waals surface area contributed by atoms with Crippen LogP contribution < -0.4 is 5.32 Å². The zero-order valence-corrected chi connectivity index (χ0v) is 9.93. The van der Waals surface area contributed by atoms with Crippen LogP contribution in [0.1, 0.15) is 47.0 Å². The topological polar surface area (TPSA) is 52.5 Å². The minimum Gasteiger partial charge on any atom is -0.389 e. The highest BCUT2D eigenvalue weighted by Gasteiger charge is 2.21. The van der Waals surface area contributed by atoms with Crippen molar-refractivity contribution in [1.29, 1.82) is 0 Å². The van der Waals surface area contributed by atoms with Crippen molar-refractivity contribution in [3.8, 4) is 0 Å². The molecule has 3 nitrogen and oxygen atoms in total. The molecule has 14 heavy (non-hydrogen) atoms. The van der Waals surface area contributed by atoms with E-state index in [0.29, 0.717) is 13.1 Å². The Morgan fingerprint density at radius 3 is 1.93 bits per heavy atom. The molecule has 0 aromatic carbocycles. The first kappa shape index (κ1) is 13.9. The van der Waals surface area contributed by atoms with Crippen LogP contribution in [0.5, 0.6) is 0 Å². The summed E-state index contributed by atoms with van der Waals surface area (Å²) >= 11 is 0. The molecule has 0 saturated carbocycles. The Labute approximate surface area is 87.5 Å². The van der Waals surface area contributed by atoms with Gasteiger partial charge >= 0.3 is 0 Å². The molecule has 0 amide bonds. The van der Waals surface area contributed by atoms with E-state index in [4.69, 9.17) is 0 Å². The molecule has 2 unspecified atom stereocenters. The number of aliphatic hydroxyl groups is 2. The van der Waals surface area contributed by atoms with Crippen LogP contribution >= 0.6 is 0 Å². The molecule has 2 atom stereocenters. The van der Waals surface area contributed by atoms with Crippen LogP contribution in [0.4, 0.5) is 0 Å². The average Bonchev–Trinajstić information content (AvgIpc) is 2.03. The minimum atomic E-state index is -0.664. The van der Waals surface area contributed by atoms with Gasteiger partial charge in [-0.3, -0.25) is 0 Å². The highest BCUT2D eigenvalue weighted by atomic mass is 16.3. The first-order chi connectivity index (χ1) is 6.33. The van der Waals surface area contributed by atoms with Gasteiger partial charge in [0, 0.05) is 13.1 Å². The van der Waals surface area contributed by atoms with Crippen LogP contribution in [0.3, 0.4) is 0 Å². The summed E-state index contributed by atoms with van der Waals surface area (Å²) in [6.45, 7) is 8.70. The van der Waals surface area contributed by atoms with Crippen LogP contribution in [0, 0.1) is 0 Å². The van der Waals surface area contributed by atoms with Gasteiger partial charge in [0.1, 0.15) is 0 Å². The predicted octanol–water partition coefficient (Wildman–Crippen LogP) is 1.29. The summed E-state index contributed by atoms with van der Waals surface area (Å²) < 4.78 is 0. The third kappa shape index (κ3) is 6.35. The Morgan fingerprint density at radius 2 is 1.50 bits per heavy atom. The lowest BCUT2D eigenvalue weighted by Crippen LogP contribution is -2.44. The van der Waals surface area contributed by atoms with Gasteiger partial charge in [-0.1, -0.05) is 20.3 Å². The predicted molar refractivity (Wildman–Crippen MR) is 59.3 cm³/mol. The van der Waals surface area contributed by atoms with E-state index in [-0.39, 0.29) is 0 Å². The summed E-state index contributed by atoms with van der Waals surface area (Å²) in [6.07, 6.45) is 2.48. The second-order valence-electron chi connectivity index (χ2n) is 4.70. The van der Waals surface area contributed by atoms with E-state index in [1.54, 1.807) is 6.92 Å². The minimum absolute atomic E-state index is 0.531. The lowest BCUT2D eigenvalue weighted by atomic mass is 9.99. The molecule has 0 fully saturated rings. The zero-order valence-electron chi connectivity index (χ0n) is 9.93. The van der Waals surface area contributed by atoms with E-state index in [1.165, 1.54) is 0 Å². The van der Waals surface area contributed by atoms with Crippen molar-refractivity contribution in [2.75, 3.05) is 13.1 Å². The second-order valence-corrected chi connectivity index (χ2v) is 4.70. The van der Waals surface area contributed by atoms with Crippen LogP contribution in [0.2, 0.25) is 0 Å². The maximum absolute atomic E-state index is 9.84. The summed E-state index contributed by atoms with van der Waals surface area (Å²) in [4.78, 5) is 0. The highest BCUT2D eigenvalue weighted by Crippen LogP contribution is 2.11. The van der Waals surface area contributed by atoms with Gasteiger partial charge < -0.3 is 15.5 Å². The van der Waals surface area contributed by atoms with Gasteiger partial charge in [-0.2, -0.15) is 0 Å². The van der Waals surface area contributed by atoms with Crippen molar-refractivity contribution in [2.24, 2.45) is 0 Å². The molecule has 0 radical (unpaired) electrons. The standard InChI is InChI=1S/C11H25NO2/c1-5-7-11(4,14)9-12-8-10(3,13)6-2/h12-14H,5-9H2,1-4H3. The van der Waals surface area contributed by atoms with Gasteiger partial charge in [-0.15, -0.1) is 0 Å².